The fraction of sp³-hybridized carbons (Fsp3) is 0.511. The van der Waals surface area contributed by atoms with E-state index in [1.807, 2.05) is 18.7 Å². The Hall–Kier alpha value is -5.25. The number of esters is 1. The highest BCUT2D eigenvalue weighted by Crippen LogP contribution is 2.34. The number of quaternary nitrogens is 2. The van der Waals surface area contributed by atoms with Gasteiger partial charge in [-0.25, -0.2) is 26.4 Å². The normalized spacial score (nSPS) is 13.7. The van der Waals surface area contributed by atoms with E-state index in [2.05, 4.69) is 21.0 Å². The SMILES string of the molecule is CCCC[N+](C)(C)CCCOc1ccc2c(c1)c(C(=O)Oc1c(C)cc(C(=O)ON3C(=O)CCC3=O)cc1C)c1cc(OCCC[N+](C)(C)CCCS(=O)(=O)[O-])ccc1[n+]2CCCS(=O)(=O)[O-]. The van der Waals surface area contributed by atoms with Crippen molar-refractivity contribution in [2.45, 2.75) is 78.7 Å². The number of hydrogen-bond donors (Lipinski definition) is 0. The van der Waals surface area contributed by atoms with Gasteiger partial charge in [0, 0.05) is 62.2 Å². The van der Waals surface area contributed by atoms with Crippen LogP contribution in [0.15, 0.2) is 48.5 Å². The predicted octanol–water partition coefficient (Wildman–Crippen LogP) is 4.70. The van der Waals surface area contributed by atoms with Crippen molar-refractivity contribution < 1.29 is 77.7 Å². The van der Waals surface area contributed by atoms with Crippen molar-refractivity contribution in [3.8, 4) is 17.2 Å². The van der Waals surface area contributed by atoms with Crippen molar-refractivity contribution in [3.63, 3.8) is 0 Å². The maximum absolute atomic E-state index is 14.9. The number of fused-ring (bicyclic) bond motifs is 2. The first kappa shape index (κ1) is 52.7. The van der Waals surface area contributed by atoms with Gasteiger partial charge in [0.05, 0.1) is 110 Å². The third kappa shape index (κ3) is 15.1. The molecule has 0 saturated carbocycles. The Kier molecular flexibility index (Phi) is 17.5. The fourth-order valence-corrected chi connectivity index (χ4v) is 9.19. The Morgan fingerprint density at radius 2 is 1.13 bits per heavy atom. The number of aromatic nitrogens is 1. The quantitative estimate of drug-likeness (QED) is 0.0128. The highest BCUT2D eigenvalue weighted by molar-refractivity contribution is 7.85. The van der Waals surface area contributed by atoms with Gasteiger partial charge < -0.3 is 37.1 Å². The van der Waals surface area contributed by atoms with Crippen molar-refractivity contribution in [2.24, 2.45) is 0 Å². The molecule has 1 saturated heterocycles. The Bertz CT molecular complexity index is 2680. The van der Waals surface area contributed by atoms with Gasteiger partial charge in [0.2, 0.25) is 11.0 Å². The molecule has 3 aromatic carbocycles. The van der Waals surface area contributed by atoms with Crippen molar-refractivity contribution >= 4 is 65.8 Å². The van der Waals surface area contributed by atoms with Crippen LogP contribution in [-0.2, 0) is 41.2 Å². The lowest BCUT2D eigenvalue weighted by molar-refractivity contribution is -0.890. The lowest BCUT2D eigenvalue weighted by Crippen LogP contribution is -2.42. The molecular weight excluding hydrogens is 909 g/mol. The molecule has 1 aliphatic rings. The Balaban J connectivity index is 1.54. The number of benzene rings is 3. The van der Waals surface area contributed by atoms with Crippen molar-refractivity contribution in [1.29, 1.82) is 0 Å². The van der Waals surface area contributed by atoms with Crippen LogP contribution in [0.1, 0.15) is 90.1 Å². The number of hydrogen-bond acceptors (Lipinski definition) is 14. The largest absolute Gasteiger partial charge is 0.748 e. The standard InChI is InChI=1S/C47H63N4O14S2/c1-8-9-21-50(4,5)22-11-25-62-36-14-16-40-38(31-36)44(47(55)64-45-33(2)29-35(30-34(45)3)46(54)65-49-42(52)18-19-43(49)53)39-32-37(15-17-41(39)48(40)20-10-27-66(56,57)58)63-26-12-23-51(6,7)24-13-28-67(59,60)61/h14-17,29-32H,8-13,18-28H2,1-7H3/q+1. The smallest absolute Gasteiger partial charge is 0.363 e. The number of amides is 2. The number of imide groups is 1. The van der Waals surface area contributed by atoms with Crippen molar-refractivity contribution in [1.82, 2.24) is 5.06 Å². The van der Waals surface area contributed by atoms with Crippen LogP contribution in [0.4, 0.5) is 0 Å². The molecule has 1 aliphatic heterocycles. The average molecular weight is 972 g/mol. The molecule has 0 spiro atoms. The number of carbonyl (C=O) groups is 4. The summed E-state index contributed by atoms with van der Waals surface area (Å²) in [6.07, 6.45) is 3.60. The first-order valence-electron chi connectivity index (χ1n) is 22.5. The zero-order valence-corrected chi connectivity index (χ0v) is 41.1. The number of aryl methyl sites for hydroxylation is 3. The first-order chi connectivity index (χ1) is 31.4. The van der Waals surface area contributed by atoms with Crippen LogP contribution < -0.4 is 18.8 Å². The van der Waals surface area contributed by atoms with E-state index in [0.717, 1.165) is 36.8 Å². The van der Waals surface area contributed by atoms with Crippen molar-refractivity contribution in [2.75, 3.05) is 79.1 Å². The molecule has 366 valence electrons. The topological polar surface area (TPSA) is 227 Å². The molecule has 0 bridgehead atoms. The molecule has 2 amide bonds. The Labute approximate surface area is 393 Å². The van der Waals surface area contributed by atoms with E-state index in [0.29, 0.717) is 80.1 Å². The summed E-state index contributed by atoms with van der Waals surface area (Å²) in [5.41, 5.74) is 1.95. The predicted molar refractivity (Wildman–Crippen MR) is 246 cm³/mol. The number of ether oxygens (including phenoxy) is 3. The summed E-state index contributed by atoms with van der Waals surface area (Å²) in [4.78, 5) is 57.3. The van der Waals surface area contributed by atoms with Gasteiger partial charge in [-0.3, -0.25) is 9.59 Å². The Morgan fingerprint density at radius 1 is 0.672 bits per heavy atom. The van der Waals surface area contributed by atoms with Crippen LogP contribution in [0.2, 0.25) is 0 Å². The molecule has 5 rings (SSSR count). The molecule has 0 unspecified atom stereocenters. The highest BCUT2D eigenvalue weighted by atomic mass is 32.2. The van der Waals surface area contributed by atoms with Crippen LogP contribution in [-0.4, -0.2) is 143 Å². The van der Waals surface area contributed by atoms with Crippen molar-refractivity contribution in [3.05, 3.63) is 70.8 Å². The van der Waals surface area contributed by atoms with Gasteiger partial charge in [-0.15, -0.1) is 5.06 Å². The van der Waals surface area contributed by atoms with E-state index >= 15 is 0 Å². The molecular formula is C47H63N4O14S2+. The van der Waals surface area contributed by atoms with Gasteiger partial charge in [-0.05, 0) is 67.8 Å². The third-order valence-electron chi connectivity index (χ3n) is 11.7. The second-order valence-corrected chi connectivity index (χ2v) is 21.5. The molecule has 0 radical (unpaired) electrons. The minimum absolute atomic E-state index is 0.0188. The molecule has 18 nitrogen and oxygen atoms in total. The van der Waals surface area contributed by atoms with Gasteiger partial charge in [-0.2, -0.15) is 4.57 Å². The maximum Gasteiger partial charge on any atom is 0.363 e. The number of nitrogens with zero attached hydrogens (tertiary/aromatic N) is 4. The highest BCUT2D eigenvalue weighted by Gasteiger charge is 2.34. The van der Waals surface area contributed by atoms with Crippen LogP contribution in [0.25, 0.3) is 21.8 Å². The molecule has 1 aromatic heterocycles. The van der Waals surface area contributed by atoms with Gasteiger partial charge in [0.15, 0.2) is 6.54 Å². The maximum atomic E-state index is 14.9. The van der Waals surface area contributed by atoms with E-state index < -0.39 is 55.5 Å². The molecule has 0 aliphatic carbocycles. The minimum atomic E-state index is -4.54. The Morgan fingerprint density at radius 3 is 1.61 bits per heavy atom. The van der Waals surface area contributed by atoms with E-state index in [9.17, 15) is 45.1 Å². The van der Waals surface area contributed by atoms with Gasteiger partial charge >= 0.3 is 11.9 Å². The average Bonchev–Trinajstić information content (AvgIpc) is 3.55. The molecule has 1 fully saturated rings. The van der Waals surface area contributed by atoms with Crippen LogP contribution in [0, 0.1) is 13.8 Å². The van der Waals surface area contributed by atoms with Crippen LogP contribution in [0.5, 0.6) is 17.2 Å². The number of unbranched alkanes of at least 4 members (excludes halogenated alkanes) is 1. The lowest BCUT2D eigenvalue weighted by Gasteiger charge is -2.30. The monoisotopic (exact) mass is 971 g/mol. The summed E-state index contributed by atoms with van der Waals surface area (Å²) < 4.78 is 90.5. The number of rotatable bonds is 25. The lowest BCUT2D eigenvalue weighted by atomic mass is 10.0. The van der Waals surface area contributed by atoms with E-state index in [-0.39, 0.29) is 55.7 Å². The second-order valence-electron chi connectivity index (χ2n) is 18.4. The van der Waals surface area contributed by atoms with Crippen LogP contribution in [0.3, 0.4) is 0 Å². The summed E-state index contributed by atoms with van der Waals surface area (Å²) in [7, 11) is -0.640. The molecule has 4 aromatic rings. The fourth-order valence-electron chi connectivity index (χ4n) is 8.23. The summed E-state index contributed by atoms with van der Waals surface area (Å²) in [6.45, 7) is 9.16. The first-order valence-corrected chi connectivity index (χ1v) is 25.6. The third-order valence-corrected chi connectivity index (χ3v) is 13.3. The number of pyridine rings is 1. The molecule has 0 N–H and O–H groups in total. The van der Waals surface area contributed by atoms with Gasteiger partial charge in [0.1, 0.15) is 17.2 Å². The molecule has 20 heteroatoms. The number of hydroxylamine groups is 2. The molecule has 2 heterocycles. The summed E-state index contributed by atoms with van der Waals surface area (Å²) in [6, 6.07) is 13.3. The molecule has 0 atom stereocenters. The summed E-state index contributed by atoms with van der Waals surface area (Å²) >= 11 is 0. The van der Waals surface area contributed by atoms with Crippen LogP contribution >= 0.6 is 0 Å². The van der Waals surface area contributed by atoms with E-state index in [4.69, 9.17) is 19.0 Å². The van der Waals surface area contributed by atoms with E-state index in [1.165, 1.54) is 12.1 Å². The minimum Gasteiger partial charge on any atom is -0.748 e. The summed E-state index contributed by atoms with van der Waals surface area (Å²) in [5, 5.41) is 1.25. The van der Waals surface area contributed by atoms with Gasteiger partial charge in [0.25, 0.3) is 11.8 Å². The van der Waals surface area contributed by atoms with Gasteiger partial charge in [-0.1, -0.05) is 13.3 Å². The summed E-state index contributed by atoms with van der Waals surface area (Å²) in [5.74, 6) is -3.01. The second kappa shape index (κ2) is 22.2. The molecule has 67 heavy (non-hydrogen) atoms. The number of carbonyl (C=O) groups excluding carboxylic acids is 4. The van der Waals surface area contributed by atoms with E-state index in [1.54, 1.807) is 50.2 Å². The zero-order chi connectivity index (χ0) is 49.3. The zero-order valence-electron chi connectivity index (χ0n) is 39.5.